The van der Waals surface area contributed by atoms with Gasteiger partial charge in [-0.25, -0.2) is 4.98 Å². The quantitative estimate of drug-likeness (QED) is 0.333. The van der Waals surface area contributed by atoms with Gasteiger partial charge in [-0.3, -0.25) is 14.3 Å². The first-order valence-electron chi connectivity index (χ1n) is 12.9. The van der Waals surface area contributed by atoms with Crippen molar-refractivity contribution >= 4 is 46.9 Å². The van der Waals surface area contributed by atoms with E-state index in [4.69, 9.17) is 14.3 Å². The molecule has 0 saturated heterocycles. The maximum atomic E-state index is 12.5. The highest BCUT2D eigenvalue weighted by Gasteiger charge is 2.24. The Morgan fingerprint density at radius 1 is 1.23 bits per heavy atom. The molecule has 0 radical (unpaired) electrons. The zero-order valence-corrected chi connectivity index (χ0v) is 24.8. The summed E-state index contributed by atoms with van der Waals surface area (Å²) in [5, 5.41) is 20.6. The average Bonchev–Trinajstić information content (AvgIpc) is 3.45. The SMILES string of the molecule is C=O.C=O.CC(C(=O)NCC(=O)NC1CC1)c1nc2ccc(-c3cnn(CC(C)(C)O)c3)cc2s1.CCCOC. The zero-order valence-electron chi connectivity index (χ0n) is 23.9. The first-order valence-corrected chi connectivity index (χ1v) is 13.7. The third kappa shape index (κ3) is 11.7. The minimum atomic E-state index is -0.838. The molecule has 3 N–H and O–H groups in total. The molecule has 1 aliphatic carbocycles. The van der Waals surface area contributed by atoms with Gasteiger partial charge in [0.25, 0.3) is 0 Å². The van der Waals surface area contributed by atoms with Crippen molar-refractivity contribution < 1.29 is 29.0 Å². The van der Waals surface area contributed by atoms with Crippen LogP contribution in [0.1, 0.15) is 57.9 Å². The van der Waals surface area contributed by atoms with Crippen LogP contribution in [-0.2, 0) is 30.5 Å². The summed E-state index contributed by atoms with van der Waals surface area (Å²) in [6.07, 6.45) is 6.84. The van der Waals surface area contributed by atoms with Crippen LogP contribution in [0, 0.1) is 0 Å². The molecule has 1 atom stereocenters. The predicted octanol–water partition coefficient (Wildman–Crippen LogP) is 3.10. The molecule has 12 heteroatoms. The van der Waals surface area contributed by atoms with Crippen molar-refractivity contribution in [1.82, 2.24) is 25.4 Å². The molecule has 1 aliphatic rings. The van der Waals surface area contributed by atoms with Crippen LogP contribution >= 0.6 is 11.3 Å². The minimum absolute atomic E-state index is 0.0106. The number of hydrogen-bond acceptors (Lipinski definition) is 9. The molecule has 0 spiro atoms. The third-order valence-corrected chi connectivity index (χ3v) is 6.66. The summed E-state index contributed by atoms with van der Waals surface area (Å²) in [5.41, 5.74) is 1.95. The number of hydrogen-bond donors (Lipinski definition) is 3. The lowest BCUT2D eigenvalue weighted by Crippen LogP contribution is -2.39. The number of thiazole rings is 1. The molecule has 2 aromatic heterocycles. The lowest BCUT2D eigenvalue weighted by Gasteiger charge is -2.16. The predicted molar refractivity (Wildman–Crippen MR) is 156 cm³/mol. The Balaban J connectivity index is 0.000000789. The highest BCUT2D eigenvalue weighted by molar-refractivity contribution is 7.18. The first kappa shape index (κ1) is 34.5. The summed E-state index contributed by atoms with van der Waals surface area (Å²) in [6.45, 7) is 12.7. The third-order valence-electron chi connectivity index (χ3n) is 5.46. The van der Waals surface area contributed by atoms with Crippen LogP contribution in [-0.4, -0.2) is 77.2 Å². The number of ether oxygens (including phenoxy) is 1. The average molecular weight is 576 g/mol. The smallest absolute Gasteiger partial charge is 0.239 e. The standard InChI is InChI=1S/C22H27N5O3S.C4H10O.2CH2O/c1-13(20(29)23-10-19(28)25-16-5-6-16)21-26-17-7-4-14(8-18(17)31-21)15-9-24-27(11-15)12-22(2,3)30;1-3-4-5-2;2*1-2/h4,7-9,11,13,16,30H,5-6,10,12H2,1-3H3,(H,23,29)(H,25,28);3-4H2,1-2H3;2*1H2. The van der Waals surface area contributed by atoms with E-state index < -0.39 is 11.5 Å². The van der Waals surface area contributed by atoms with E-state index in [0.29, 0.717) is 11.6 Å². The fraction of sp³-hybridized carbons (Fsp3) is 0.500. The number of aliphatic hydroxyl groups is 1. The number of fused-ring (bicyclic) bond motifs is 1. The van der Waals surface area contributed by atoms with Gasteiger partial charge in [0, 0.05) is 31.5 Å². The monoisotopic (exact) mass is 575 g/mol. The molecule has 0 bridgehead atoms. The van der Waals surface area contributed by atoms with E-state index in [9.17, 15) is 14.7 Å². The summed E-state index contributed by atoms with van der Waals surface area (Å²) in [5.74, 6) is -0.802. The summed E-state index contributed by atoms with van der Waals surface area (Å²) in [7, 11) is 1.71. The van der Waals surface area contributed by atoms with E-state index in [2.05, 4.69) is 27.6 Å². The fourth-order valence-electron chi connectivity index (χ4n) is 3.45. The van der Waals surface area contributed by atoms with Gasteiger partial charge < -0.3 is 30.1 Å². The Hall–Kier alpha value is -3.48. The van der Waals surface area contributed by atoms with Crippen molar-refractivity contribution in [2.24, 2.45) is 0 Å². The van der Waals surface area contributed by atoms with Crippen LogP contribution in [0.5, 0.6) is 0 Å². The van der Waals surface area contributed by atoms with Crippen LogP contribution in [0.2, 0.25) is 0 Å². The summed E-state index contributed by atoms with van der Waals surface area (Å²) >= 11 is 1.47. The molecule has 4 rings (SSSR count). The van der Waals surface area contributed by atoms with Crippen molar-refractivity contribution in [1.29, 1.82) is 0 Å². The van der Waals surface area contributed by atoms with Crippen molar-refractivity contribution in [3.05, 3.63) is 35.6 Å². The van der Waals surface area contributed by atoms with E-state index in [1.54, 1.807) is 38.8 Å². The van der Waals surface area contributed by atoms with Gasteiger partial charge in [-0.15, -0.1) is 11.3 Å². The number of carbonyl (C=O) groups is 4. The fourth-order valence-corrected chi connectivity index (χ4v) is 4.50. The molecule has 2 amide bonds. The van der Waals surface area contributed by atoms with E-state index >= 15 is 0 Å². The van der Waals surface area contributed by atoms with Crippen molar-refractivity contribution in [3.8, 4) is 11.1 Å². The Morgan fingerprint density at radius 2 is 1.90 bits per heavy atom. The number of benzene rings is 1. The molecular formula is C28H41N5O6S. The second-order valence-corrected chi connectivity index (χ2v) is 10.8. The topological polar surface area (TPSA) is 153 Å². The Morgan fingerprint density at radius 3 is 2.45 bits per heavy atom. The molecular weight excluding hydrogens is 534 g/mol. The molecule has 0 aliphatic heterocycles. The molecule has 1 fully saturated rings. The molecule has 11 nitrogen and oxygen atoms in total. The second-order valence-electron chi connectivity index (χ2n) is 9.75. The molecule has 1 unspecified atom stereocenters. The first-order chi connectivity index (χ1) is 19.1. The highest BCUT2D eigenvalue weighted by atomic mass is 32.1. The van der Waals surface area contributed by atoms with Gasteiger partial charge in [-0.1, -0.05) is 13.0 Å². The summed E-state index contributed by atoms with van der Waals surface area (Å²) < 4.78 is 7.40. The van der Waals surface area contributed by atoms with E-state index in [-0.39, 0.29) is 24.4 Å². The molecule has 1 saturated carbocycles. The highest BCUT2D eigenvalue weighted by Crippen LogP contribution is 2.31. The van der Waals surface area contributed by atoms with Crippen LogP contribution in [0.3, 0.4) is 0 Å². The number of methoxy groups -OCH3 is 1. The minimum Gasteiger partial charge on any atom is -0.389 e. The van der Waals surface area contributed by atoms with Gasteiger partial charge in [0.1, 0.15) is 18.6 Å². The molecule has 1 aromatic carbocycles. The van der Waals surface area contributed by atoms with Crippen LogP contribution in [0.15, 0.2) is 30.6 Å². The van der Waals surface area contributed by atoms with Crippen molar-refractivity contribution in [2.45, 2.75) is 71.1 Å². The number of nitrogens with zero attached hydrogens (tertiary/aromatic N) is 3. The number of nitrogens with one attached hydrogen (secondary N) is 2. The second kappa shape index (κ2) is 17.3. The van der Waals surface area contributed by atoms with Gasteiger partial charge in [0.05, 0.1) is 41.0 Å². The Bertz CT molecular complexity index is 1200. The van der Waals surface area contributed by atoms with Crippen molar-refractivity contribution in [3.63, 3.8) is 0 Å². The van der Waals surface area contributed by atoms with Crippen LogP contribution in [0.25, 0.3) is 21.3 Å². The zero-order chi connectivity index (χ0) is 30.3. The van der Waals surface area contributed by atoms with Gasteiger partial charge in [-0.05, 0) is 57.7 Å². The van der Waals surface area contributed by atoms with Gasteiger partial charge in [0.15, 0.2) is 0 Å². The number of amides is 2. The summed E-state index contributed by atoms with van der Waals surface area (Å²) in [4.78, 5) is 44.9. The van der Waals surface area contributed by atoms with Gasteiger partial charge >= 0.3 is 0 Å². The van der Waals surface area contributed by atoms with Crippen LogP contribution in [0.4, 0.5) is 0 Å². The molecule has 220 valence electrons. The van der Waals surface area contributed by atoms with E-state index in [1.807, 2.05) is 38.0 Å². The maximum absolute atomic E-state index is 12.5. The number of aromatic nitrogens is 3. The molecule has 3 aromatic rings. The molecule has 40 heavy (non-hydrogen) atoms. The number of carbonyl (C=O) groups excluding carboxylic acids is 4. The lowest BCUT2D eigenvalue weighted by molar-refractivity contribution is -0.126. The van der Waals surface area contributed by atoms with Crippen molar-refractivity contribution in [2.75, 3.05) is 20.3 Å². The Labute approximate surface area is 239 Å². The molecule has 2 heterocycles. The normalized spacial score (nSPS) is 12.9. The maximum Gasteiger partial charge on any atom is 0.239 e. The van der Waals surface area contributed by atoms with Gasteiger partial charge in [-0.2, -0.15) is 5.10 Å². The number of rotatable bonds is 10. The van der Waals surface area contributed by atoms with E-state index in [0.717, 1.165) is 47.2 Å². The van der Waals surface area contributed by atoms with Crippen LogP contribution < -0.4 is 10.6 Å². The Kier molecular flexibility index (Phi) is 14.9. The van der Waals surface area contributed by atoms with E-state index in [1.165, 1.54) is 11.3 Å². The van der Waals surface area contributed by atoms with Gasteiger partial charge in [0.2, 0.25) is 11.8 Å². The largest absolute Gasteiger partial charge is 0.389 e. The summed E-state index contributed by atoms with van der Waals surface area (Å²) in [6, 6.07) is 6.23. The lowest BCUT2D eigenvalue weighted by atomic mass is 10.1.